The molecular formula is C12H14Cl2O4S. The standard InChI is InChI=1S/C12H14Cl2O4S/c1-7(2)6-18-12(15)9-4-8(3)11(13)10(5-9)19(14,16)17/h4-5,7H,6H2,1-3H3. The van der Waals surface area contributed by atoms with E-state index in [0.29, 0.717) is 5.56 Å². The Balaban J connectivity index is 3.18. The Morgan fingerprint density at radius 3 is 2.42 bits per heavy atom. The highest BCUT2D eigenvalue weighted by Crippen LogP contribution is 2.29. The van der Waals surface area contributed by atoms with Gasteiger partial charge >= 0.3 is 5.97 Å². The van der Waals surface area contributed by atoms with Crippen molar-refractivity contribution in [1.29, 1.82) is 0 Å². The molecule has 4 nitrogen and oxygen atoms in total. The number of rotatable bonds is 4. The van der Waals surface area contributed by atoms with E-state index in [1.807, 2.05) is 13.8 Å². The molecule has 0 saturated carbocycles. The first-order chi connectivity index (χ1) is 8.62. The monoisotopic (exact) mass is 324 g/mol. The van der Waals surface area contributed by atoms with Crippen LogP contribution in [-0.2, 0) is 13.8 Å². The molecule has 0 N–H and O–H groups in total. The first-order valence-electron chi connectivity index (χ1n) is 5.55. The molecule has 0 radical (unpaired) electrons. The van der Waals surface area contributed by atoms with E-state index in [4.69, 9.17) is 27.0 Å². The second-order valence-electron chi connectivity index (χ2n) is 4.54. The minimum atomic E-state index is -4.01. The zero-order valence-corrected chi connectivity index (χ0v) is 13.1. The van der Waals surface area contributed by atoms with Gasteiger partial charge in [0.2, 0.25) is 0 Å². The van der Waals surface area contributed by atoms with Crippen molar-refractivity contribution >= 4 is 37.3 Å². The molecular weight excluding hydrogens is 311 g/mol. The number of halogens is 2. The number of esters is 1. The van der Waals surface area contributed by atoms with Gasteiger partial charge in [0.25, 0.3) is 9.05 Å². The molecule has 0 fully saturated rings. The summed E-state index contributed by atoms with van der Waals surface area (Å²) in [4.78, 5) is 11.5. The molecule has 0 bridgehead atoms. The largest absolute Gasteiger partial charge is 0.462 e. The van der Waals surface area contributed by atoms with Crippen LogP contribution in [0.3, 0.4) is 0 Å². The van der Waals surface area contributed by atoms with E-state index in [0.717, 1.165) is 6.07 Å². The van der Waals surface area contributed by atoms with Crippen LogP contribution in [0.1, 0.15) is 29.8 Å². The van der Waals surface area contributed by atoms with E-state index in [9.17, 15) is 13.2 Å². The highest BCUT2D eigenvalue weighted by molar-refractivity contribution is 8.13. The zero-order valence-electron chi connectivity index (χ0n) is 10.7. The average molecular weight is 325 g/mol. The molecule has 0 unspecified atom stereocenters. The van der Waals surface area contributed by atoms with Crippen LogP contribution >= 0.6 is 22.3 Å². The molecule has 19 heavy (non-hydrogen) atoms. The summed E-state index contributed by atoms with van der Waals surface area (Å²) < 4.78 is 27.8. The molecule has 0 atom stereocenters. The fraction of sp³-hybridized carbons (Fsp3) is 0.417. The molecule has 0 heterocycles. The Bertz CT molecular complexity index is 594. The van der Waals surface area contributed by atoms with E-state index >= 15 is 0 Å². The van der Waals surface area contributed by atoms with Crippen LogP contribution in [0.15, 0.2) is 17.0 Å². The summed E-state index contributed by atoms with van der Waals surface area (Å²) in [5.41, 5.74) is 0.557. The van der Waals surface area contributed by atoms with E-state index in [-0.39, 0.29) is 28.0 Å². The third-order valence-electron chi connectivity index (χ3n) is 2.27. The maximum atomic E-state index is 11.8. The van der Waals surface area contributed by atoms with Crippen LogP contribution in [0.2, 0.25) is 5.02 Å². The molecule has 1 rings (SSSR count). The topological polar surface area (TPSA) is 60.4 Å². The van der Waals surface area contributed by atoms with Crippen LogP contribution in [0.4, 0.5) is 0 Å². The van der Waals surface area contributed by atoms with Gasteiger partial charge < -0.3 is 4.74 Å². The Kier molecular flexibility index (Phi) is 5.24. The van der Waals surface area contributed by atoms with Gasteiger partial charge in [0.05, 0.1) is 17.2 Å². The van der Waals surface area contributed by atoms with Gasteiger partial charge in [-0.1, -0.05) is 25.4 Å². The van der Waals surface area contributed by atoms with Gasteiger partial charge in [0.1, 0.15) is 4.90 Å². The van der Waals surface area contributed by atoms with Crippen molar-refractivity contribution in [2.24, 2.45) is 5.92 Å². The molecule has 0 aromatic heterocycles. The molecule has 0 aliphatic heterocycles. The number of ether oxygens (including phenoxy) is 1. The van der Waals surface area contributed by atoms with Crippen molar-refractivity contribution in [3.63, 3.8) is 0 Å². The number of benzene rings is 1. The second-order valence-corrected chi connectivity index (χ2v) is 7.45. The lowest BCUT2D eigenvalue weighted by Crippen LogP contribution is -2.11. The van der Waals surface area contributed by atoms with Crippen molar-refractivity contribution in [2.45, 2.75) is 25.7 Å². The van der Waals surface area contributed by atoms with Crippen LogP contribution in [0.25, 0.3) is 0 Å². The van der Waals surface area contributed by atoms with Crippen molar-refractivity contribution in [3.05, 3.63) is 28.3 Å². The minimum absolute atomic E-state index is 0.00964. The maximum absolute atomic E-state index is 11.8. The smallest absolute Gasteiger partial charge is 0.338 e. The molecule has 1 aromatic rings. The van der Waals surface area contributed by atoms with Gasteiger partial charge in [-0.2, -0.15) is 0 Å². The Hall–Kier alpha value is -0.780. The Morgan fingerprint density at radius 1 is 1.37 bits per heavy atom. The lowest BCUT2D eigenvalue weighted by Gasteiger charge is -2.10. The minimum Gasteiger partial charge on any atom is -0.462 e. The molecule has 0 amide bonds. The maximum Gasteiger partial charge on any atom is 0.338 e. The lowest BCUT2D eigenvalue weighted by molar-refractivity contribution is 0.0458. The normalized spacial score (nSPS) is 11.7. The lowest BCUT2D eigenvalue weighted by atomic mass is 10.1. The van der Waals surface area contributed by atoms with Crippen molar-refractivity contribution in [1.82, 2.24) is 0 Å². The Morgan fingerprint density at radius 2 is 1.95 bits per heavy atom. The Labute approximate surface area is 122 Å². The van der Waals surface area contributed by atoms with Crippen molar-refractivity contribution < 1.29 is 17.9 Å². The summed E-state index contributed by atoms with van der Waals surface area (Å²) in [5.74, 6) is -0.413. The molecule has 106 valence electrons. The third kappa shape index (κ3) is 4.37. The van der Waals surface area contributed by atoms with Crippen molar-refractivity contribution in [3.8, 4) is 0 Å². The van der Waals surface area contributed by atoms with Gasteiger partial charge in [0, 0.05) is 10.7 Å². The molecule has 0 aliphatic carbocycles. The van der Waals surface area contributed by atoms with Crippen molar-refractivity contribution in [2.75, 3.05) is 6.61 Å². The first-order valence-corrected chi connectivity index (χ1v) is 8.23. The zero-order chi connectivity index (χ0) is 14.8. The number of carbonyl (C=O) groups is 1. The van der Waals surface area contributed by atoms with E-state index < -0.39 is 15.0 Å². The van der Waals surface area contributed by atoms with Crippen LogP contribution in [-0.4, -0.2) is 21.0 Å². The summed E-state index contributed by atoms with van der Waals surface area (Å²) in [6.07, 6.45) is 0. The average Bonchev–Trinajstić information content (AvgIpc) is 2.27. The summed E-state index contributed by atoms with van der Waals surface area (Å²) in [7, 11) is 1.26. The predicted octanol–water partition coefficient (Wildman–Crippen LogP) is 3.39. The quantitative estimate of drug-likeness (QED) is 0.629. The van der Waals surface area contributed by atoms with Gasteiger partial charge in [0.15, 0.2) is 0 Å². The number of hydrogen-bond donors (Lipinski definition) is 0. The number of hydrogen-bond acceptors (Lipinski definition) is 4. The summed E-state index contributed by atoms with van der Waals surface area (Å²) in [5, 5.41) is 0.00964. The molecule has 0 spiro atoms. The second kappa shape index (κ2) is 6.11. The summed E-state index contributed by atoms with van der Waals surface area (Å²) >= 11 is 5.87. The van der Waals surface area contributed by atoms with Gasteiger partial charge in [-0.15, -0.1) is 0 Å². The SMILES string of the molecule is Cc1cc(C(=O)OCC(C)C)cc(S(=O)(=O)Cl)c1Cl. The first kappa shape index (κ1) is 16.3. The summed E-state index contributed by atoms with van der Waals surface area (Å²) in [6, 6.07) is 2.59. The summed E-state index contributed by atoms with van der Waals surface area (Å²) in [6.45, 7) is 5.64. The van der Waals surface area contributed by atoms with Crippen LogP contribution in [0.5, 0.6) is 0 Å². The molecule has 0 aliphatic rings. The number of aryl methyl sites for hydroxylation is 1. The molecule has 0 saturated heterocycles. The molecule has 7 heteroatoms. The van der Waals surface area contributed by atoms with Gasteiger partial charge in [-0.3, -0.25) is 0 Å². The third-order valence-corrected chi connectivity index (χ3v) is 4.23. The number of carbonyl (C=O) groups excluding carboxylic acids is 1. The fourth-order valence-corrected chi connectivity index (χ4v) is 2.90. The predicted molar refractivity (Wildman–Crippen MR) is 74.3 cm³/mol. The fourth-order valence-electron chi connectivity index (χ4n) is 1.36. The van der Waals surface area contributed by atoms with Crippen LogP contribution < -0.4 is 0 Å². The van der Waals surface area contributed by atoms with E-state index in [2.05, 4.69) is 0 Å². The van der Waals surface area contributed by atoms with E-state index in [1.54, 1.807) is 6.92 Å². The van der Waals surface area contributed by atoms with Gasteiger partial charge in [-0.25, -0.2) is 13.2 Å². The van der Waals surface area contributed by atoms with Gasteiger partial charge in [-0.05, 0) is 30.5 Å². The van der Waals surface area contributed by atoms with E-state index in [1.165, 1.54) is 6.07 Å². The highest BCUT2D eigenvalue weighted by atomic mass is 35.7. The molecule has 1 aromatic carbocycles. The highest BCUT2D eigenvalue weighted by Gasteiger charge is 2.20. The van der Waals surface area contributed by atoms with Crippen LogP contribution in [0, 0.1) is 12.8 Å².